The second-order valence-corrected chi connectivity index (χ2v) is 15.7. The third kappa shape index (κ3) is 11.6. The van der Waals surface area contributed by atoms with Crippen molar-refractivity contribution in [3.05, 3.63) is 50.5 Å². The molecule has 294 valence electrons. The average Bonchev–Trinajstić information content (AvgIpc) is 3.92. The number of allylic oxidation sites excluding steroid dienone is 2. The first-order valence-electron chi connectivity index (χ1n) is 20.3. The Bertz CT molecular complexity index is 1700. The number of halogens is 1. The van der Waals surface area contributed by atoms with Gasteiger partial charge >= 0.3 is 0 Å². The van der Waals surface area contributed by atoms with Crippen molar-refractivity contribution in [2.45, 2.75) is 154 Å². The second kappa shape index (κ2) is 23.8. The van der Waals surface area contributed by atoms with E-state index < -0.39 is 0 Å². The van der Waals surface area contributed by atoms with Crippen LogP contribution in [0, 0.1) is 23.2 Å². The number of nitriles is 1. The summed E-state index contributed by atoms with van der Waals surface area (Å²) in [7, 11) is 2.88. The number of thiophene rings is 1. The lowest BCUT2D eigenvalue weighted by Crippen LogP contribution is -2.22. The second-order valence-electron chi connectivity index (χ2n) is 14.1. The highest BCUT2D eigenvalue weighted by molar-refractivity contribution is 7.28. The van der Waals surface area contributed by atoms with Crippen LogP contribution in [0.25, 0.3) is 22.3 Å². The fraction of sp³-hybridized carbons (Fsp3) is 0.614. The van der Waals surface area contributed by atoms with E-state index in [2.05, 4.69) is 68.7 Å². The summed E-state index contributed by atoms with van der Waals surface area (Å²) in [4.78, 5) is 12.4. The number of hydrogen-bond donors (Lipinski definition) is 1. The first-order chi connectivity index (χ1) is 25.6. The monoisotopic (exact) mass is 765 g/mol. The fourth-order valence-corrected chi connectivity index (χ4v) is 8.42. The molecule has 2 unspecified atom stereocenters. The topological polar surface area (TPSA) is 88.1 Å². The molecule has 4 heterocycles. The van der Waals surface area contributed by atoms with Crippen LogP contribution in [-0.4, -0.2) is 23.1 Å². The zero-order valence-corrected chi connectivity index (χ0v) is 36.8. The van der Waals surface area contributed by atoms with Gasteiger partial charge in [0.2, 0.25) is 5.95 Å². The molecule has 0 amide bonds. The summed E-state index contributed by atoms with van der Waals surface area (Å²) in [5.74, 6) is 1.96. The van der Waals surface area contributed by atoms with Crippen LogP contribution in [0.15, 0.2) is 17.8 Å². The molecule has 3 aromatic rings. The van der Waals surface area contributed by atoms with Gasteiger partial charge in [0, 0.05) is 35.5 Å². The number of aromatic nitrogens is 2. The maximum Gasteiger partial charge on any atom is 0.225 e. The van der Waals surface area contributed by atoms with Crippen molar-refractivity contribution < 1.29 is 9.13 Å². The number of rotatable bonds is 12. The van der Waals surface area contributed by atoms with Crippen LogP contribution in [0.4, 0.5) is 15.3 Å². The van der Waals surface area contributed by atoms with Gasteiger partial charge in [-0.3, -0.25) is 0 Å². The van der Waals surface area contributed by atoms with Crippen LogP contribution in [0.5, 0.6) is 0 Å². The lowest BCUT2D eigenvalue weighted by Gasteiger charge is -2.22. The van der Waals surface area contributed by atoms with Crippen molar-refractivity contribution in [1.82, 2.24) is 9.97 Å². The molecule has 0 aliphatic carbocycles. The van der Waals surface area contributed by atoms with E-state index in [1.54, 1.807) is 6.92 Å². The number of ether oxygens (including phenoxy) is 1. The highest BCUT2D eigenvalue weighted by Crippen LogP contribution is 2.46. The van der Waals surface area contributed by atoms with Gasteiger partial charge in [0.05, 0.1) is 29.2 Å². The number of nitrogens with zero attached hydrogens (tertiary/aromatic N) is 4. The molecule has 5 rings (SSSR count). The largest absolute Gasteiger partial charge is 0.389 e. The maximum atomic E-state index is 15.2. The number of nitrogen functional groups attached to an aromatic ring is 1. The molecule has 6 nitrogen and oxygen atoms in total. The predicted molar refractivity (Wildman–Crippen MR) is 234 cm³/mol. The molecule has 1 fully saturated rings. The van der Waals surface area contributed by atoms with Crippen molar-refractivity contribution in [2.75, 3.05) is 23.7 Å². The van der Waals surface area contributed by atoms with Crippen LogP contribution in [-0.2, 0) is 18.0 Å². The Morgan fingerprint density at radius 2 is 1.74 bits per heavy atom. The number of fused-ring (bicyclic) bond motifs is 3. The van der Waals surface area contributed by atoms with Crippen LogP contribution >= 0.6 is 20.6 Å². The first-order valence-corrected chi connectivity index (χ1v) is 21.7. The van der Waals surface area contributed by atoms with Crippen molar-refractivity contribution in [3.63, 3.8) is 0 Å². The van der Waals surface area contributed by atoms with E-state index in [1.807, 2.05) is 27.0 Å². The Hall–Kier alpha value is -2.85. The highest BCUT2D eigenvalue weighted by atomic mass is 32.1. The maximum absolute atomic E-state index is 15.2. The number of anilines is 2. The summed E-state index contributed by atoms with van der Waals surface area (Å²) in [6, 6.07) is 2.25. The first kappa shape index (κ1) is 46.3. The summed E-state index contributed by atoms with van der Waals surface area (Å²) < 4.78 is 21.2. The van der Waals surface area contributed by atoms with Crippen LogP contribution in [0.3, 0.4) is 0 Å². The van der Waals surface area contributed by atoms with Crippen LogP contribution in [0.2, 0.25) is 0 Å². The molecule has 1 saturated heterocycles. The molecule has 9 heteroatoms. The summed E-state index contributed by atoms with van der Waals surface area (Å²) in [5.41, 5.74) is 12.9. The van der Waals surface area contributed by atoms with Gasteiger partial charge in [-0.15, -0.1) is 20.6 Å². The van der Waals surface area contributed by atoms with Gasteiger partial charge in [0.1, 0.15) is 16.9 Å². The summed E-state index contributed by atoms with van der Waals surface area (Å²) >= 11 is 1.12. The molecular formula is C44H69FN5OPS. The SMILES string of the molecule is C/C=C(/F)c1sc(N)c(C#N)c1/C(=C(\C)CC)c1c2c(c3cnc(N4CCC(C)C4)nc3c1P)COC2.CC.CCC.CCCCC(CC)CCCC. The molecule has 2 aliphatic rings. The number of nitrogens with two attached hydrogens (primary N) is 1. The van der Waals surface area contributed by atoms with Gasteiger partial charge in [-0.05, 0) is 60.8 Å². The molecule has 2 atom stereocenters. The van der Waals surface area contributed by atoms with Gasteiger partial charge in [0.25, 0.3) is 0 Å². The van der Waals surface area contributed by atoms with Gasteiger partial charge < -0.3 is 15.4 Å². The number of benzene rings is 1. The van der Waals surface area contributed by atoms with E-state index in [9.17, 15) is 5.26 Å². The fourth-order valence-electron chi connectivity index (χ4n) is 6.89. The average molecular weight is 766 g/mol. The van der Waals surface area contributed by atoms with Gasteiger partial charge in [-0.25, -0.2) is 14.4 Å². The summed E-state index contributed by atoms with van der Waals surface area (Å²) in [6.45, 7) is 25.9. The molecule has 53 heavy (non-hydrogen) atoms. The minimum absolute atomic E-state index is 0.311. The third-order valence-electron chi connectivity index (χ3n) is 9.98. The molecule has 0 saturated carbocycles. The number of hydrogen-bond acceptors (Lipinski definition) is 7. The summed E-state index contributed by atoms with van der Waals surface area (Å²) in [5, 5.41) is 12.3. The van der Waals surface area contributed by atoms with E-state index in [-0.39, 0.29) is 5.83 Å². The molecule has 2 aromatic heterocycles. The lowest BCUT2D eigenvalue weighted by molar-refractivity contribution is 0.135. The van der Waals surface area contributed by atoms with Crippen molar-refractivity contribution in [2.24, 2.45) is 11.8 Å². The van der Waals surface area contributed by atoms with Crippen LogP contribution < -0.4 is 15.9 Å². The Kier molecular flexibility index (Phi) is 20.8. The van der Waals surface area contributed by atoms with Gasteiger partial charge in [-0.1, -0.05) is 125 Å². The molecule has 2 aliphatic heterocycles. The van der Waals surface area contributed by atoms with Crippen molar-refractivity contribution in [1.29, 1.82) is 5.26 Å². The van der Waals surface area contributed by atoms with E-state index in [0.717, 1.165) is 93.2 Å². The Balaban J connectivity index is 0.000000515. The van der Waals surface area contributed by atoms with Crippen molar-refractivity contribution in [3.8, 4) is 6.07 Å². The summed E-state index contributed by atoms with van der Waals surface area (Å²) in [6.07, 6.45) is 16.3. The smallest absolute Gasteiger partial charge is 0.225 e. The molecule has 1 aromatic carbocycles. The van der Waals surface area contributed by atoms with E-state index in [1.165, 1.54) is 57.4 Å². The van der Waals surface area contributed by atoms with Crippen LogP contribution in [0.1, 0.15) is 173 Å². The molecule has 0 bridgehead atoms. The quantitative estimate of drug-likeness (QED) is 0.185. The normalized spacial score (nSPS) is 15.5. The zero-order chi connectivity index (χ0) is 39.7. The van der Waals surface area contributed by atoms with Gasteiger partial charge in [-0.2, -0.15) is 5.26 Å². The van der Waals surface area contributed by atoms with Gasteiger partial charge in [0.15, 0.2) is 0 Å². The Labute approximate surface area is 328 Å². The Morgan fingerprint density at radius 1 is 1.11 bits per heavy atom. The van der Waals surface area contributed by atoms with E-state index in [0.29, 0.717) is 40.1 Å². The molecule has 2 N–H and O–H groups in total. The molecular weight excluding hydrogens is 697 g/mol. The zero-order valence-electron chi connectivity index (χ0n) is 34.8. The highest BCUT2D eigenvalue weighted by Gasteiger charge is 2.31. The predicted octanol–water partition coefficient (Wildman–Crippen LogP) is 12.9. The standard InChI is InChI=1S/C28H31FN5OPS.C11H24.C3H8.C2H6/c1-5-15(4)21(23-16(9-30)27(31)37-26(23)20(29)6-2)22-19-13-35-12-18(19)17-10-32-28(33-24(17)25(22)36)34-8-7-14(3)11-34;1-4-7-9-11(6-3)10-8-5-2;1-3-2;1-2/h6,10,14H,5,7-8,11-13,31,36H2,1-4H3;11H,4-10H2,1-3H3;3H2,1-2H3;1-2H3/b20-6+,21-15+;;;. The van der Waals surface area contributed by atoms with E-state index >= 15 is 4.39 Å². The molecule has 0 radical (unpaired) electrons. The minimum atomic E-state index is -0.388. The Morgan fingerprint density at radius 3 is 2.25 bits per heavy atom. The lowest BCUT2D eigenvalue weighted by atomic mass is 9.85. The molecule has 0 spiro atoms. The van der Waals surface area contributed by atoms with E-state index in [4.69, 9.17) is 20.4 Å². The minimum Gasteiger partial charge on any atom is -0.389 e. The number of unbranched alkanes of at least 4 members (excludes halogenated alkanes) is 2. The third-order valence-corrected chi connectivity index (χ3v) is 11.6. The van der Waals surface area contributed by atoms with Crippen molar-refractivity contribution >= 4 is 59.1 Å².